The van der Waals surface area contributed by atoms with Crippen molar-refractivity contribution in [1.29, 1.82) is 0 Å². The molecule has 0 aromatic carbocycles. The van der Waals surface area contributed by atoms with E-state index in [0.717, 1.165) is 16.3 Å². The highest BCUT2D eigenvalue weighted by atomic mass is 35.5. The molecule has 1 heterocycles. The number of thiophene rings is 1. The van der Waals surface area contributed by atoms with Crippen molar-refractivity contribution >= 4 is 28.9 Å². The van der Waals surface area contributed by atoms with Gasteiger partial charge in [-0.05, 0) is 18.4 Å². The van der Waals surface area contributed by atoms with Crippen LogP contribution in [0, 0.1) is 5.92 Å². The van der Waals surface area contributed by atoms with Crippen LogP contribution >= 0.6 is 22.9 Å². The molecular formula is C12H18ClNO2S. The molecule has 0 saturated heterocycles. The zero-order valence-corrected chi connectivity index (χ0v) is 11.9. The van der Waals surface area contributed by atoms with Crippen molar-refractivity contribution in [2.45, 2.75) is 32.9 Å². The molecule has 17 heavy (non-hydrogen) atoms. The first kappa shape index (κ1) is 14.5. The maximum atomic E-state index is 11.6. The molecule has 1 rings (SSSR count). The summed E-state index contributed by atoms with van der Waals surface area (Å²) in [5.74, 6) is 0.236. The highest BCUT2D eigenvalue weighted by Gasteiger charge is 2.19. The highest BCUT2D eigenvalue weighted by molar-refractivity contribution is 7.10. The van der Waals surface area contributed by atoms with Gasteiger partial charge in [0.1, 0.15) is 6.04 Å². The first-order chi connectivity index (χ1) is 8.02. The molecule has 1 aromatic heterocycles. The second-order valence-corrected chi connectivity index (χ2v) is 5.75. The Labute approximate surface area is 111 Å². The highest BCUT2D eigenvalue weighted by Crippen LogP contribution is 2.19. The maximum absolute atomic E-state index is 11.6. The third-order valence-electron chi connectivity index (χ3n) is 2.34. The predicted molar refractivity (Wildman–Crippen MR) is 71.4 cm³/mol. The Bertz CT molecular complexity index is 365. The molecule has 96 valence electrons. The average molecular weight is 276 g/mol. The Kier molecular flexibility index (Phi) is 5.95. The van der Waals surface area contributed by atoms with Crippen LogP contribution < -0.4 is 5.32 Å². The summed E-state index contributed by atoms with van der Waals surface area (Å²) >= 11 is 7.42. The lowest BCUT2D eigenvalue weighted by Crippen LogP contribution is -2.38. The SMILES string of the molecule is COC(=O)C(CC(C)C)NCc1cc(Cl)cs1. The first-order valence-corrected chi connectivity index (χ1v) is 6.82. The third kappa shape index (κ3) is 5.06. The average Bonchev–Trinajstić information content (AvgIpc) is 2.68. The third-order valence-corrected chi connectivity index (χ3v) is 3.62. The van der Waals surface area contributed by atoms with Crippen molar-refractivity contribution in [2.75, 3.05) is 7.11 Å². The Morgan fingerprint density at radius 3 is 2.76 bits per heavy atom. The Morgan fingerprint density at radius 1 is 1.59 bits per heavy atom. The number of ether oxygens (including phenoxy) is 1. The van der Waals surface area contributed by atoms with E-state index in [1.165, 1.54) is 7.11 Å². The van der Waals surface area contributed by atoms with E-state index in [0.29, 0.717) is 12.5 Å². The van der Waals surface area contributed by atoms with Crippen LogP contribution in [0.5, 0.6) is 0 Å². The van der Waals surface area contributed by atoms with Crippen molar-refractivity contribution in [3.05, 3.63) is 21.3 Å². The molecule has 0 aliphatic rings. The van der Waals surface area contributed by atoms with Gasteiger partial charge in [-0.25, -0.2) is 0 Å². The summed E-state index contributed by atoms with van der Waals surface area (Å²) in [7, 11) is 1.42. The van der Waals surface area contributed by atoms with Gasteiger partial charge in [0.25, 0.3) is 0 Å². The number of rotatable bonds is 6. The van der Waals surface area contributed by atoms with Crippen LogP contribution in [0.15, 0.2) is 11.4 Å². The molecule has 0 fully saturated rings. The van der Waals surface area contributed by atoms with Gasteiger partial charge in [-0.1, -0.05) is 25.4 Å². The monoisotopic (exact) mass is 275 g/mol. The molecule has 0 saturated carbocycles. The van der Waals surface area contributed by atoms with Crippen molar-refractivity contribution in [3.8, 4) is 0 Å². The standard InChI is InChI=1S/C12H18ClNO2S/c1-8(2)4-11(12(15)16-3)14-6-10-5-9(13)7-17-10/h5,7-8,11,14H,4,6H2,1-3H3. The van der Waals surface area contributed by atoms with E-state index in [9.17, 15) is 4.79 Å². The quantitative estimate of drug-likeness (QED) is 0.811. The van der Waals surface area contributed by atoms with E-state index in [4.69, 9.17) is 16.3 Å². The number of carbonyl (C=O) groups excluding carboxylic acids is 1. The van der Waals surface area contributed by atoms with E-state index in [2.05, 4.69) is 19.2 Å². The minimum atomic E-state index is -0.249. The molecule has 0 radical (unpaired) electrons. The summed E-state index contributed by atoms with van der Waals surface area (Å²) in [6.07, 6.45) is 0.770. The zero-order chi connectivity index (χ0) is 12.8. The molecule has 1 aromatic rings. The number of carbonyl (C=O) groups is 1. The summed E-state index contributed by atoms with van der Waals surface area (Å²) in [5, 5.41) is 5.83. The summed E-state index contributed by atoms with van der Waals surface area (Å²) in [4.78, 5) is 12.7. The van der Waals surface area contributed by atoms with Crippen LogP contribution in [0.1, 0.15) is 25.1 Å². The van der Waals surface area contributed by atoms with E-state index in [-0.39, 0.29) is 12.0 Å². The molecule has 3 nitrogen and oxygen atoms in total. The van der Waals surface area contributed by atoms with Gasteiger partial charge in [0.15, 0.2) is 0 Å². The van der Waals surface area contributed by atoms with Crippen LogP contribution in [0.2, 0.25) is 5.02 Å². The van der Waals surface area contributed by atoms with Crippen molar-refractivity contribution < 1.29 is 9.53 Å². The van der Waals surface area contributed by atoms with Gasteiger partial charge >= 0.3 is 5.97 Å². The minimum absolute atomic E-state index is 0.207. The summed E-state index contributed by atoms with van der Waals surface area (Å²) < 4.78 is 4.78. The molecule has 1 unspecified atom stereocenters. The topological polar surface area (TPSA) is 38.3 Å². The first-order valence-electron chi connectivity index (χ1n) is 5.57. The Morgan fingerprint density at radius 2 is 2.29 bits per heavy atom. The molecule has 0 amide bonds. The molecule has 0 spiro atoms. The molecule has 1 atom stereocenters. The number of esters is 1. The molecule has 5 heteroatoms. The molecule has 0 aliphatic heterocycles. The van der Waals surface area contributed by atoms with Crippen LogP contribution in [-0.2, 0) is 16.1 Å². The molecular weight excluding hydrogens is 258 g/mol. The number of nitrogens with one attached hydrogen (secondary N) is 1. The number of halogens is 1. The number of hydrogen-bond acceptors (Lipinski definition) is 4. The van der Waals surface area contributed by atoms with Crippen LogP contribution in [0.4, 0.5) is 0 Å². The van der Waals surface area contributed by atoms with E-state index >= 15 is 0 Å². The van der Waals surface area contributed by atoms with Gasteiger partial charge in [0, 0.05) is 16.8 Å². The largest absolute Gasteiger partial charge is 0.468 e. The summed E-state index contributed by atoms with van der Waals surface area (Å²) in [6, 6.07) is 1.66. The lowest BCUT2D eigenvalue weighted by Gasteiger charge is -2.17. The molecule has 0 aliphatic carbocycles. The van der Waals surface area contributed by atoms with Crippen LogP contribution in [0.3, 0.4) is 0 Å². The molecule has 0 bridgehead atoms. The van der Waals surface area contributed by atoms with E-state index in [1.54, 1.807) is 11.3 Å². The van der Waals surface area contributed by atoms with Gasteiger partial charge < -0.3 is 4.74 Å². The van der Waals surface area contributed by atoms with Crippen molar-refractivity contribution in [2.24, 2.45) is 5.92 Å². The zero-order valence-electron chi connectivity index (χ0n) is 10.3. The van der Waals surface area contributed by atoms with Crippen LogP contribution in [-0.4, -0.2) is 19.1 Å². The Hall–Kier alpha value is -0.580. The molecule has 1 N–H and O–H groups in total. The van der Waals surface area contributed by atoms with E-state index in [1.807, 2.05) is 11.4 Å². The smallest absolute Gasteiger partial charge is 0.322 e. The number of hydrogen-bond donors (Lipinski definition) is 1. The normalized spacial score (nSPS) is 12.8. The Balaban J connectivity index is 2.51. The fraction of sp³-hybridized carbons (Fsp3) is 0.583. The van der Waals surface area contributed by atoms with Gasteiger partial charge in [0.2, 0.25) is 0 Å². The summed E-state index contributed by atoms with van der Waals surface area (Å²) in [5.41, 5.74) is 0. The summed E-state index contributed by atoms with van der Waals surface area (Å²) in [6.45, 7) is 4.81. The maximum Gasteiger partial charge on any atom is 0.322 e. The lowest BCUT2D eigenvalue weighted by atomic mass is 10.0. The second kappa shape index (κ2) is 6.99. The van der Waals surface area contributed by atoms with E-state index < -0.39 is 0 Å². The lowest BCUT2D eigenvalue weighted by molar-refractivity contribution is -0.143. The fourth-order valence-corrected chi connectivity index (χ4v) is 2.57. The van der Waals surface area contributed by atoms with Gasteiger partial charge in [-0.3, -0.25) is 10.1 Å². The van der Waals surface area contributed by atoms with Gasteiger partial charge in [-0.15, -0.1) is 11.3 Å². The van der Waals surface area contributed by atoms with Crippen molar-refractivity contribution in [3.63, 3.8) is 0 Å². The van der Waals surface area contributed by atoms with Crippen molar-refractivity contribution in [1.82, 2.24) is 5.32 Å². The van der Waals surface area contributed by atoms with Gasteiger partial charge in [0.05, 0.1) is 12.1 Å². The fourth-order valence-electron chi connectivity index (χ4n) is 1.55. The van der Waals surface area contributed by atoms with Gasteiger partial charge in [-0.2, -0.15) is 0 Å². The minimum Gasteiger partial charge on any atom is -0.468 e. The van der Waals surface area contributed by atoms with Crippen LogP contribution in [0.25, 0.3) is 0 Å². The predicted octanol–water partition coefficient (Wildman–Crippen LogP) is 3.08. The number of methoxy groups -OCH3 is 1. The second-order valence-electron chi connectivity index (χ2n) is 4.32.